The number of methoxy groups -OCH3 is 1. The third-order valence-electron chi connectivity index (χ3n) is 2.01. The Labute approximate surface area is 102 Å². The maximum absolute atomic E-state index is 9.01. The number of ether oxygens (including phenoxy) is 1. The van der Waals surface area contributed by atoms with Gasteiger partial charge >= 0.3 is 0 Å². The van der Waals surface area contributed by atoms with E-state index in [0.29, 0.717) is 5.56 Å². The minimum absolute atomic E-state index is 0.680. The zero-order valence-corrected chi connectivity index (χ0v) is 10.3. The molecule has 0 saturated carbocycles. The molecule has 0 amide bonds. The third-order valence-corrected chi connectivity index (χ3v) is 4.11. The summed E-state index contributed by atoms with van der Waals surface area (Å²) < 4.78 is 6.33. The summed E-state index contributed by atoms with van der Waals surface area (Å²) in [6.45, 7) is 0. The molecule has 1 heterocycles. The van der Waals surface area contributed by atoms with Crippen LogP contribution >= 0.6 is 23.1 Å². The van der Waals surface area contributed by atoms with Crippen LogP contribution in [0.15, 0.2) is 44.8 Å². The van der Waals surface area contributed by atoms with Crippen molar-refractivity contribution in [1.82, 2.24) is 0 Å². The number of hydrogen-bond acceptors (Lipinski definition) is 4. The van der Waals surface area contributed by atoms with Gasteiger partial charge in [0.25, 0.3) is 0 Å². The van der Waals surface area contributed by atoms with Crippen LogP contribution in [0, 0.1) is 11.3 Å². The molecule has 0 unspecified atom stereocenters. The Bertz CT molecular complexity index is 514. The van der Waals surface area contributed by atoms with Gasteiger partial charge in [0.1, 0.15) is 11.8 Å². The molecular formula is C12H9NOS2. The molecule has 0 fully saturated rings. The van der Waals surface area contributed by atoms with Crippen LogP contribution in [0.5, 0.6) is 5.75 Å². The molecule has 0 saturated heterocycles. The third kappa shape index (κ3) is 2.38. The summed E-state index contributed by atoms with van der Waals surface area (Å²) in [7, 11) is 1.63. The highest BCUT2D eigenvalue weighted by Crippen LogP contribution is 2.35. The topological polar surface area (TPSA) is 33.0 Å². The molecule has 0 radical (unpaired) electrons. The summed E-state index contributed by atoms with van der Waals surface area (Å²) >= 11 is 3.25. The van der Waals surface area contributed by atoms with Crippen LogP contribution in [-0.4, -0.2) is 7.11 Å². The second-order valence-electron chi connectivity index (χ2n) is 3.01. The number of benzene rings is 1. The average Bonchev–Trinajstić information content (AvgIpc) is 2.82. The summed E-state index contributed by atoms with van der Waals surface area (Å²) in [4.78, 5) is 0.935. The van der Waals surface area contributed by atoms with E-state index in [0.717, 1.165) is 10.6 Å². The van der Waals surface area contributed by atoms with Gasteiger partial charge in [-0.05, 0) is 29.6 Å². The first kappa shape index (κ1) is 11.1. The Morgan fingerprint density at radius 3 is 2.88 bits per heavy atom. The van der Waals surface area contributed by atoms with E-state index in [1.165, 1.54) is 4.21 Å². The van der Waals surface area contributed by atoms with Gasteiger partial charge in [0.2, 0.25) is 0 Å². The molecule has 80 valence electrons. The number of nitriles is 1. The number of hydrogen-bond donors (Lipinski definition) is 0. The van der Waals surface area contributed by atoms with E-state index in [1.54, 1.807) is 42.3 Å². The summed E-state index contributed by atoms with van der Waals surface area (Å²) in [5.41, 5.74) is 0.680. The standard InChI is InChI=1S/C12H9NOS2/c1-14-10-5-4-9(8-13)11(7-10)16-12-3-2-6-15-12/h2-7H,1H3. The van der Waals surface area contributed by atoms with Gasteiger partial charge in [-0.1, -0.05) is 17.8 Å². The molecule has 0 aliphatic rings. The molecule has 0 aliphatic heterocycles. The summed E-state index contributed by atoms with van der Waals surface area (Å²) in [6.07, 6.45) is 0. The molecule has 0 atom stereocenters. The first-order valence-corrected chi connectivity index (χ1v) is 6.32. The van der Waals surface area contributed by atoms with E-state index in [9.17, 15) is 0 Å². The van der Waals surface area contributed by atoms with Crippen molar-refractivity contribution in [1.29, 1.82) is 5.26 Å². The smallest absolute Gasteiger partial charge is 0.120 e. The van der Waals surface area contributed by atoms with E-state index in [1.807, 2.05) is 23.6 Å². The van der Waals surface area contributed by atoms with Crippen LogP contribution in [0.25, 0.3) is 0 Å². The zero-order valence-electron chi connectivity index (χ0n) is 8.64. The number of rotatable bonds is 3. The Kier molecular flexibility index (Phi) is 3.50. The van der Waals surface area contributed by atoms with Crippen molar-refractivity contribution < 1.29 is 4.74 Å². The molecule has 0 bridgehead atoms. The van der Waals surface area contributed by atoms with Crippen molar-refractivity contribution >= 4 is 23.1 Å². The van der Waals surface area contributed by atoms with E-state index in [-0.39, 0.29) is 0 Å². The maximum Gasteiger partial charge on any atom is 0.120 e. The minimum atomic E-state index is 0.680. The molecular weight excluding hydrogens is 238 g/mol. The maximum atomic E-state index is 9.01. The molecule has 0 aliphatic carbocycles. The molecule has 2 aromatic rings. The van der Waals surface area contributed by atoms with Crippen molar-refractivity contribution in [2.45, 2.75) is 9.10 Å². The fraction of sp³-hybridized carbons (Fsp3) is 0.0833. The lowest BCUT2D eigenvalue weighted by molar-refractivity contribution is 0.413. The monoisotopic (exact) mass is 247 g/mol. The predicted molar refractivity (Wildman–Crippen MR) is 66.2 cm³/mol. The van der Waals surface area contributed by atoms with Crippen LogP contribution in [0.2, 0.25) is 0 Å². The van der Waals surface area contributed by atoms with Gasteiger partial charge in [-0.2, -0.15) is 5.26 Å². The quantitative estimate of drug-likeness (QED) is 0.827. The normalized spacial score (nSPS) is 9.75. The van der Waals surface area contributed by atoms with Crippen LogP contribution in [0.1, 0.15) is 5.56 Å². The van der Waals surface area contributed by atoms with Crippen LogP contribution in [-0.2, 0) is 0 Å². The lowest BCUT2D eigenvalue weighted by Gasteiger charge is -2.04. The zero-order chi connectivity index (χ0) is 11.4. The van der Waals surface area contributed by atoms with Gasteiger partial charge in [0.05, 0.1) is 16.9 Å². The Balaban J connectivity index is 2.34. The average molecular weight is 247 g/mol. The summed E-state index contributed by atoms with van der Waals surface area (Å²) in [5.74, 6) is 0.776. The lowest BCUT2D eigenvalue weighted by Crippen LogP contribution is -1.85. The van der Waals surface area contributed by atoms with Crippen molar-refractivity contribution in [2.75, 3.05) is 7.11 Å². The number of nitrogens with zero attached hydrogens (tertiary/aromatic N) is 1. The van der Waals surface area contributed by atoms with Crippen molar-refractivity contribution in [2.24, 2.45) is 0 Å². The van der Waals surface area contributed by atoms with Gasteiger partial charge in [-0.25, -0.2) is 0 Å². The van der Waals surface area contributed by atoms with Crippen molar-refractivity contribution in [3.63, 3.8) is 0 Å². The molecule has 16 heavy (non-hydrogen) atoms. The summed E-state index contributed by atoms with van der Waals surface area (Å²) in [6, 6.07) is 11.7. The van der Waals surface area contributed by atoms with Gasteiger partial charge in [-0.3, -0.25) is 0 Å². The Morgan fingerprint density at radius 2 is 2.25 bits per heavy atom. The highest BCUT2D eigenvalue weighted by atomic mass is 32.2. The lowest BCUT2D eigenvalue weighted by atomic mass is 10.2. The van der Waals surface area contributed by atoms with Gasteiger partial charge in [0, 0.05) is 4.90 Å². The fourth-order valence-corrected chi connectivity index (χ4v) is 3.08. The SMILES string of the molecule is COc1ccc(C#N)c(Sc2cccs2)c1. The molecule has 0 spiro atoms. The second kappa shape index (κ2) is 5.06. The second-order valence-corrected chi connectivity index (χ2v) is 5.30. The minimum Gasteiger partial charge on any atom is -0.497 e. The van der Waals surface area contributed by atoms with Gasteiger partial charge < -0.3 is 4.74 Å². The van der Waals surface area contributed by atoms with Crippen LogP contribution in [0.3, 0.4) is 0 Å². The predicted octanol–water partition coefficient (Wildman–Crippen LogP) is 3.78. The molecule has 1 aromatic heterocycles. The van der Waals surface area contributed by atoms with Crippen molar-refractivity contribution in [3.05, 3.63) is 41.3 Å². The molecule has 0 N–H and O–H groups in total. The first-order valence-electron chi connectivity index (χ1n) is 4.63. The highest BCUT2D eigenvalue weighted by molar-refractivity contribution is 8.01. The fourth-order valence-electron chi connectivity index (χ4n) is 1.24. The highest BCUT2D eigenvalue weighted by Gasteiger charge is 2.06. The number of thiophene rings is 1. The van der Waals surface area contributed by atoms with E-state index in [2.05, 4.69) is 6.07 Å². The van der Waals surface area contributed by atoms with E-state index >= 15 is 0 Å². The molecule has 1 aromatic carbocycles. The Hall–Kier alpha value is -1.44. The van der Waals surface area contributed by atoms with Gasteiger partial charge in [-0.15, -0.1) is 11.3 Å². The van der Waals surface area contributed by atoms with Crippen LogP contribution in [0.4, 0.5) is 0 Å². The molecule has 2 rings (SSSR count). The largest absolute Gasteiger partial charge is 0.497 e. The van der Waals surface area contributed by atoms with E-state index < -0.39 is 0 Å². The van der Waals surface area contributed by atoms with E-state index in [4.69, 9.17) is 10.00 Å². The Morgan fingerprint density at radius 1 is 1.38 bits per heavy atom. The van der Waals surface area contributed by atoms with Gasteiger partial charge in [0.15, 0.2) is 0 Å². The van der Waals surface area contributed by atoms with Crippen LogP contribution < -0.4 is 4.74 Å². The molecule has 4 heteroatoms. The molecule has 2 nitrogen and oxygen atoms in total. The van der Waals surface area contributed by atoms with Crippen molar-refractivity contribution in [3.8, 4) is 11.8 Å². The summed E-state index contributed by atoms with van der Waals surface area (Å²) in [5, 5.41) is 11.0. The first-order chi connectivity index (χ1) is 7.83.